The van der Waals surface area contributed by atoms with E-state index < -0.39 is 0 Å². The van der Waals surface area contributed by atoms with Gasteiger partial charge in [-0.15, -0.1) is 11.3 Å². The van der Waals surface area contributed by atoms with Crippen LogP contribution in [0.4, 0.5) is 5.13 Å². The molecule has 0 aliphatic rings. The van der Waals surface area contributed by atoms with E-state index in [1.807, 2.05) is 47.8 Å². The van der Waals surface area contributed by atoms with Crippen molar-refractivity contribution in [2.45, 2.75) is 19.8 Å². The number of amides is 1. The Bertz CT molecular complexity index is 957. The van der Waals surface area contributed by atoms with Gasteiger partial charge in [0.15, 0.2) is 11.7 Å². The van der Waals surface area contributed by atoms with Crippen LogP contribution in [0.25, 0.3) is 11.3 Å². The van der Waals surface area contributed by atoms with E-state index in [0.717, 1.165) is 31.5 Å². The summed E-state index contributed by atoms with van der Waals surface area (Å²) in [4.78, 5) is 16.7. The molecule has 0 aliphatic carbocycles. The molecule has 2 aromatic carbocycles. The highest BCUT2D eigenvalue weighted by Gasteiger charge is 2.12. The summed E-state index contributed by atoms with van der Waals surface area (Å²) >= 11 is 8.32. The van der Waals surface area contributed by atoms with Crippen LogP contribution < -0.4 is 10.1 Å². The molecule has 0 bridgehead atoms. The molecule has 3 rings (SSSR count). The molecule has 0 fully saturated rings. The van der Waals surface area contributed by atoms with Crippen LogP contribution in [0, 0.1) is 0 Å². The summed E-state index contributed by atoms with van der Waals surface area (Å²) in [6.45, 7) is 4.12. The normalized spacial score (nSPS) is 10.9. The van der Waals surface area contributed by atoms with E-state index in [4.69, 9.17) is 4.74 Å². The third-order valence-corrected chi connectivity index (χ3v) is 5.57. The number of nitrogens with one attached hydrogen (secondary N) is 1. The van der Waals surface area contributed by atoms with Gasteiger partial charge >= 0.3 is 0 Å². The number of aromatic nitrogens is 1. The molecular weight excluding hydrogens is 492 g/mol. The van der Waals surface area contributed by atoms with Gasteiger partial charge in [0, 0.05) is 19.9 Å². The third-order valence-electron chi connectivity index (χ3n) is 3.82. The van der Waals surface area contributed by atoms with Crippen LogP contribution in [0.2, 0.25) is 0 Å². The summed E-state index contributed by atoms with van der Waals surface area (Å²) < 4.78 is 7.71. The number of anilines is 1. The zero-order valence-electron chi connectivity index (χ0n) is 14.8. The lowest BCUT2D eigenvalue weighted by Crippen LogP contribution is -2.20. The van der Waals surface area contributed by atoms with Crippen LogP contribution >= 0.6 is 43.2 Å². The molecule has 3 aromatic rings. The number of nitrogens with zero attached hydrogens (tertiary/aromatic N) is 1. The Labute approximate surface area is 179 Å². The van der Waals surface area contributed by atoms with Gasteiger partial charge in [-0.25, -0.2) is 4.98 Å². The summed E-state index contributed by atoms with van der Waals surface area (Å²) in [5.41, 5.74) is 2.88. The van der Waals surface area contributed by atoms with Crippen molar-refractivity contribution in [3.8, 4) is 17.0 Å². The number of ether oxygens (including phenoxy) is 1. The topological polar surface area (TPSA) is 51.2 Å². The van der Waals surface area contributed by atoms with Crippen molar-refractivity contribution in [2.75, 3.05) is 11.9 Å². The van der Waals surface area contributed by atoms with Gasteiger partial charge in [-0.05, 0) is 41.8 Å². The summed E-state index contributed by atoms with van der Waals surface area (Å²) in [6.07, 6.45) is 0. The van der Waals surface area contributed by atoms with Gasteiger partial charge in [-0.3, -0.25) is 10.1 Å². The summed E-state index contributed by atoms with van der Waals surface area (Å²) in [5, 5.41) is 5.27. The monoisotopic (exact) mass is 508 g/mol. The number of hydrogen-bond donors (Lipinski definition) is 1. The van der Waals surface area contributed by atoms with Gasteiger partial charge < -0.3 is 4.74 Å². The van der Waals surface area contributed by atoms with Gasteiger partial charge in [0.25, 0.3) is 5.91 Å². The number of thiazole rings is 1. The van der Waals surface area contributed by atoms with Gasteiger partial charge in [-0.1, -0.05) is 57.8 Å². The van der Waals surface area contributed by atoms with E-state index >= 15 is 0 Å². The van der Waals surface area contributed by atoms with Crippen LogP contribution in [-0.2, 0) is 4.79 Å². The molecule has 1 amide bonds. The molecule has 140 valence electrons. The molecule has 0 spiro atoms. The molecule has 0 radical (unpaired) electrons. The van der Waals surface area contributed by atoms with Gasteiger partial charge in [0.1, 0.15) is 5.75 Å². The molecule has 1 N–H and O–H groups in total. The number of carbonyl (C=O) groups is 1. The predicted octanol–water partition coefficient (Wildman–Crippen LogP) is 6.48. The molecule has 27 heavy (non-hydrogen) atoms. The Kier molecular flexibility index (Phi) is 6.68. The fourth-order valence-electron chi connectivity index (χ4n) is 2.51. The quantitative estimate of drug-likeness (QED) is 0.414. The second-order valence-corrected chi connectivity index (χ2v) is 8.91. The third kappa shape index (κ3) is 5.40. The number of rotatable bonds is 6. The van der Waals surface area contributed by atoms with Crippen LogP contribution in [-0.4, -0.2) is 17.5 Å². The van der Waals surface area contributed by atoms with Crippen molar-refractivity contribution in [2.24, 2.45) is 0 Å². The first-order chi connectivity index (χ1) is 12.9. The van der Waals surface area contributed by atoms with E-state index in [2.05, 4.69) is 56.0 Å². The number of halogens is 2. The van der Waals surface area contributed by atoms with E-state index in [1.165, 1.54) is 11.3 Å². The minimum atomic E-state index is -0.234. The van der Waals surface area contributed by atoms with E-state index in [-0.39, 0.29) is 12.5 Å². The second kappa shape index (κ2) is 8.99. The molecule has 1 aromatic heterocycles. The molecule has 0 aliphatic heterocycles. The maximum absolute atomic E-state index is 12.2. The number of carbonyl (C=O) groups excluding carboxylic acids is 1. The maximum atomic E-state index is 12.2. The Morgan fingerprint density at radius 1 is 1.19 bits per heavy atom. The predicted molar refractivity (Wildman–Crippen MR) is 118 cm³/mol. The number of hydrogen-bond acceptors (Lipinski definition) is 4. The van der Waals surface area contributed by atoms with Crippen molar-refractivity contribution in [1.82, 2.24) is 4.98 Å². The SMILES string of the molecule is CC(C)c1cc(Br)ccc1OCC(=O)Nc1nc(-c2cccc(Br)c2)cs1. The van der Waals surface area contributed by atoms with Gasteiger partial charge in [0.2, 0.25) is 0 Å². The number of benzene rings is 2. The minimum Gasteiger partial charge on any atom is -0.483 e. The molecule has 1 heterocycles. The minimum absolute atomic E-state index is 0.0624. The van der Waals surface area contributed by atoms with Crippen molar-refractivity contribution >= 4 is 54.2 Å². The highest BCUT2D eigenvalue weighted by molar-refractivity contribution is 9.10. The van der Waals surface area contributed by atoms with Gasteiger partial charge in [0.05, 0.1) is 5.69 Å². The molecule has 7 heteroatoms. The Balaban J connectivity index is 1.62. The Morgan fingerprint density at radius 3 is 2.70 bits per heavy atom. The fraction of sp³-hybridized carbons (Fsp3) is 0.200. The molecule has 4 nitrogen and oxygen atoms in total. The summed E-state index contributed by atoms with van der Waals surface area (Å²) in [6, 6.07) is 13.7. The first-order valence-corrected chi connectivity index (χ1v) is 10.8. The lowest BCUT2D eigenvalue weighted by atomic mass is 10.0. The van der Waals surface area contributed by atoms with Crippen molar-refractivity contribution in [3.05, 3.63) is 62.4 Å². The Morgan fingerprint density at radius 2 is 1.96 bits per heavy atom. The highest BCUT2D eigenvalue weighted by Crippen LogP contribution is 2.30. The van der Waals surface area contributed by atoms with E-state index in [9.17, 15) is 4.79 Å². The highest BCUT2D eigenvalue weighted by atomic mass is 79.9. The van der Waals surface area contributed by atoms with Crippen LogP contribution in [0.5, 0.6) is 5.75 Å². The van der Waals surface area contributed by atoms with Crippen molar-refractivity contribution in [3.63, 3.8) is 0 Å². The summed E-state index contributed by atoms with van der Waals surface area (Å²) in [7, 11) is 0. The van der Waals surface area contributed by atoms with Crippen LogP contribution in [0.15, 0.2) is 56.8 Å². The smallest absolute Gasteiger partial charge is 0.264 e. The molecule has 0 atom stereocenters. The largest absolute Gasteiger partial charge is 0.483 e. The van der Waals surface area contributed by atoms with Crippen molar-refractivity contribution in [1.29, 1.82) is 0 Å². The first-order valence-electron chi connectivity index (χ1n) is 8.36. The average Bonchev–Trinajstić information content (AvgIpc) is 3.09. The zero-order valence-corrected chi connectivity index (χ0v) is 18.8. The van der Waals surface area contributed by atoms with Gasteiger partial charge in [-0.2, -0.15) is 0 Å². The molecule has 0 saturated heterocycles. The standard InChI is InChI=1S/C20H18Br2N2O2S/c1-12(2)16-9-15(22)6-7-18(16)26-10-19(25)24-20-23-17(11-27-20)13-4-3-5-14(21)8-13/h3-9,11-12H,10H2,1-2H3,(H,23,24,25). The lowest BCUT2D eigenvalue weighted by Gasteiger charge is -2.14. The van der Waals surface area contributed by atoms with Crippen molar-refractivity contribution < 1.29 is 9.53 Å². The lowest BCUT2D eigenvalue weighted by molar-refractivity contribution is -0.118. The first kappa shape index (κ1) is 20.0. The van der Waals surface area contributed by atoms with Crippen LogP contribution in [0.1, 0.15) is 25.3 Å². The molecular formula is C20H18Br2N2O2S. The maximum Gasteiger partial charge on any atom is 0.264 e. The van der Waals surface area contributed by atoms with Crippen LogP contribution in [0.3, 0.4) is 0 Å². The zero-order chi connectivity index (χ0) is 19.4. The van der Waals surface area contributed by atoms with E-state index in [1.54, 1.807) is 0 Å². The second-order valence-electron chi connectivity index (χ2n) is 6.22. The summed E-state index contributed by atoms with van der Waals surface area (Å²) in [5.74, 6) is 0.785. The molecule has 0 unspecified atom stereocenters. The fourth-order valence-corrected chi connectivity index (χ4v) is 4.03. The average molecular weight is 510 g/mol. The van der Waals surface area contributed by atoms with E-state index in [0.29, 0.717) is 11.0 Å². The Hall–Kier alpha value is -1.70. The molecule has 0 saturated carbocycles.